The van der Waals surface area contributed by atoms with Gasteiger partial charge in [-0.15, -0.1) is 11.8 Å². The van der Waals surface area contributed by atoms with Gasteiger partial charge in [-0.25, -0.2) is 4.57 Å². The third-order valence-corrected chi connectivity index (χ3v) is 3.36. The smallest absolute Gasteiger partial charge is 0.408 e. The van der Waals surface area contributed by atoms with Gasteiger partial charge in [0.05, 0.1) is 0 Å². The standard InChI is InChI=1S/C7H15O4PS/c1-5-13-6-7(2)11-12(8,9-3)10-4/h6H,5H2,1-4H3. The molecule has 0 fully saturated rings. The predicted molar refractivity (Wildman–Crippen MR) is 54.6 cm³/mol. The van der Waals surface area contributed by atoms with E-state index in [9.17, 15) is 4.57 Å². The molecule has 0 aliphatic rings. The van der Waals surface area contributed by atoms with Crippen molar-refractivity contribution in [1.82, 2.24) is 0 Å². The molecule has 78 valence electrons. The zero-order chi connectivity index (χ0) is 10.3. The Kier molecular flexibility index (Phi) is 6.51. The Labute approximate surface area is 83.3 Å². The maximum absolute atomic E-state index is 11.4. The van der Waals surface area contributed by atoms with Gasteiger partial charge < -0.3 is 4.52 Å². The molecule has 0 unspecified atom stereocenters. The van der Waals surface area contributed by atoms with E-state index >= 15 is 0 Å². The van der Waals surface area contributed by atoms with E-state index in [0.29, 0.717) is 5.76 Å². The first kappa shape index (κ1) is 13.0. The van der Waals surface area contributed by atoms with E-state index < -0.39 is 7.82 Å². The molecule has 0 rings (SSSR count). The molecule has 0 aromatic rings. The van der Waals surface area contributed by atoms with Crippen LogP contribution in [0.15, 0.2) is 11.2 Å². The van der Waals surface area contributed by atoms with Gasteiger partial charge in [-0.2, -0.15) is 0 Å². The fourth-order valence-electron chi connectivity index (χ4n) is 0.548. The second-order valence-electron chi connectivity index (χ2n) is 2.09. The molecule has 0 aliphatic carbocycles. The number of thioether (sulfide) groups is 1. The minimum atomic E-state index is -3.36. The lowest BCUT2D eigenvalue weighted by Crippen LogP contribution is -1.92. The van der Waals surface area contributed by atoms with Gasteiger partial charge >= 0.3 is 7.82 Å². The molecule has 0 aromatic carbocycles. The molecule has 0 radical (unpaired) electrons. The van der Waals surface area contributed by atoms with Crippen LogP contribution in [-0.2, 0) is 18.1 Å². The van der Waals surface area contributed by atoms with E-state index in [2.05, 4.69) is 9.05 Å². The minimum Gasteiger partial charge on any atom is -0.408 e. The highest BCUT2D eigenvalue weighted by atomic mass is 32.2. The number of hydrogen-bond donors (Lipinski definition) is 0. The zero-order valence-corrected chi connectivity index (χ0v) is 9.98. The molecule has 0 aromatic heterocycles. The summed E-state index contributed by atoms with van der Waals surface area (Å²) in [6.07, 6.45) is 0. The molecule has 6 heteroatoms. The normalized spacial score (nSPS) is 13.1. The second-order valence-corrected chi connectivity index (χ2v) is 5.04. The molecule has 4 nitrogen and oxygen atoms in total. The van der Waals surface area contributed by atoms with Crippen molar-refractivity contribution in [3.63, 3.8) is 0 Å². The Morgan fingerprint density at radius 1 is 1.46 bits per heavy atom. The minimum absolute atomic E-state index is 0.527. The monoisotopic (exact) mass is 226 g/mol. The highest BCUT2D eigenvalue weighted by molar-refractivity contribution is 8.02. The summed E-state index contributed by atoms with van der Waals surface area (Å²) in [5.74, 6) is 1.46. The van der Waals surface area contributed by atoms with Crippen molar-refractivity contribution in [3.05, 3.63) is 11.2 Å². The van der Waals surface area contributed by atoms with Gasteiger partial charge in [-0.05, 0) is 12.7 Å². The van der Waals surface area contributed by atoms with Crippen LogP contribution in [-0.4, -0.2) is 20.0 Å². The zero-order valence-electron chi connectivity index (χ0n) is 8.27. The van der Waals surface area contributed by atoms with Crippen LogP contribution in [0.3, 0.4) is 0 Å². The Morgan fingerprint density at radius 3 is 2.38 bits per heavy atom. The van der Waals surface area contributed by atoms with E-state index in [-0.39, 0.29) is 0 Å². The molecule has 0 N–H and O–H groups in total. The second kappa shape index (κ2) is 6.49. The molecule has 0 saturated heterocycles. The van der Waals surface area contributed by atoms with E-state index in [0.717, 1.165) is 5.75 Å². The van der Waals surface area contributed by atoms with Crippen LogP contribution in [0.4, 0.5) is 0 Å². The molecule has 0 amide bonds. The third-order valence-electron chi connectivity index (χ3n) is 1.12. The summed E-state index contributed by atoms with van der Waals surface area (Å²) in [7, 11) is -0.795. The SMILES string of the molecule is CCSC=C(C)OP(=O)(OC)OC. The molecule has 0 aliphatic heterocycles. The van der Waals surface area contributed by atoms with Crippen molar-refractivity contribution in [2.24, 2.45) is 0 Å². The summed E-state index contributed by atoms with van der Waals surface area (Å²) in [4.78, 5) is 0. The Bertz CT molecular complexity index is 209. The number of phosphoric acid groups is 1. The van der Waals surface area contributed by atoms with Crippen molar-refractivity contribution in [1.29, 1.82) is 0 Å². The summed E-state index contributed by atoms with van der Waals surface area (Å²) in [6.45, 7) is 3.72. The molecule has 0 heterocycles. The topological polar surface area (TPSA) is 44.8 Å². The van der Waals surface area contributed by atoms with Crippen LogP contribution < -0.4 is 0 Å². The average Bonchev–Trinajstić information content (AvgIpc) is 2.14. The fourth-order valence-corrected chi connectivity index (χ4v) is 1.77. The van der Waals surface area contributed by atoms with Crippen LogP contribution in [0.25, 0.3) is 0 Å². The quantitative estimate of drug-likeness (QED) is 0.514. The maximum Gasteiger partial charge on any atom is 0.529 e. The van der Waals surface area contributed by atoms with Gasteiger partial charge in [0.15, 0.2) is 0 Å². The predicted octanol–water partition coefficient (Wildman–Crippen LogP) is 3.02. The molecule has 0 bridgehead atoms. The van der Waals surface area contributed by atoms with Crippen LogP contribution in [0, 0.1) is 0 Å². The van der Waals surface area contributed by atoms with Crippen molar-refractivity contribution in [3.8, 4) is 0 Å². The first-order valence-electron chi connectivity index (χ1n) is 3.77. The van der Waals surface area contributed by atoms with E-state index in [1.165, 1.54) is 14.2 Å². The fraction of sp³-hybridized carbons (Fsp3) is 0.714. The van der Waals surface area contributed by atoms with Gasteiger partial charge in [0, 0.05) is 19.6 Å². The molecule has 0 saturated carbocycles. The van der Waals surface area contributed by atoms with Crippen molar-refractivity contribution in [2.45, 2.75) is 13.8 Å². The summed E-state index contributed by atoms with van der Waals surface area (Å²) < 4.78 is 25.6. The number of phosphoric ester groups is 1. The van der Waals surface area contributed by atoms with Gasteiger partial charge in [0.1, 0.15) is 5.76 Å². The lowest BCUT2D eigenvalue weighted by atomic mass is 10.7. The third kappa shape index (κ3) is 5.37. The lowest BCUT2D eigenvalue weighted by Gasteiger charge is -2.13. The molecule has 0 spiro atoms. The van der Waals surface area contributed by atoms with Crippen LogP contribution in [0.2, 0.25) is 0 Å². The van der Waals surface area contributed by atoms with Gasteiger partial charge in [-0.1, -0.05) is 6.92 Å². The molecular formula is C7H15O4PS. The van der Waals surface area contributed by atoms with Crippen molar-refractivity contribution in [2.75, 3.05) is 20.0 Å². The van der Waals surface area contributed by atoms with Gasteiger partial charge in [0.2, 0.25) is 0 Å². The first-order valence-corrected chi connectivity index (χ1v) is 6.28. The van der Waals surface area contributed by atoms with E-state index in [1.54, 1.807) is 24.1 Å². The Hall–Kier alpha value is 0.0400. The average molecular weight is 226 g/mol. The molecular weight excluding hydrogens is 211 g/mol. The van der Waals surface area contributed by atoms with Crippen LogP contribution >= 0.6 is 19.6 Å². The number of allylic oxidation sites excluding steroid dienone is 1. The van der Waals surface area contributed by atoms with E-state index in [4.69, 9.17) is 4.52 Å². The first-order chi connectivity index (χ1) is 6.08. The number of hydrogen-bond acceptors (Lipinski definition) is 5. The number of rotatable bonds is 6. The highest BCUT2D eigenvalue weighted by Crippen LogP contribution is 2.49. The lowest BCUT2D eigenvalue weighted by molar-refractivity contribution is 0.184. The molecule has 0 atom stereocenters. The van der Waals surface area contributed by atoms with Gasteiger partial charge in [-0.3, -0.25) is 9.05 Å². The van der Waals surface area contributed by atoms with Gasteiger partial charge in [0.25, 0.3) is 0 Å². The summed E-state index contributed by atoms with van der Waals surface area (Å²) in [6, 6.07) is 0. The maximum atomic E-state index is 11.4. The highest BCUT2D eigenvalue weighted by Gasteiger charge is 2.24. The van der Waals surface area contributed by atoms with E-state index in [1.807, 2.05) is 6.92 Å². The summed E-state index contributed by atoms with van der Waals surface area (Å²) >= 11 is 1.56. The Morgan fingerprint density at radius 2 is 2.00 bits per heavy atom. The van der Waals surface area contributed by atoms with Crippen LogP contribution in [0.5, 0.6) is 0 Å². The Balaban J connectivity index is 4.16. The van der Waals surface area contributed by atoms with Crippen LogP contribution in [0.1, 0.15) is 13.8 Å². The van der Waals surface area contributed by atoms with Crippen molar-refractivity contribution >= 4 is 19.6 Å². The molecule has 13 heavy (non-hydrogen) atoms. The summed E-state index contributed by atoms with van der Waals surface area (Å²) in [5.41, 5.74) is 0. The van der Waals surface area contributed by atoms with Crippen molar-refractivity contribution < 1.29 is 18.1 Å². The largest absolute Gasteiger partial charge is 0.529 e. The summed E-state index contributed by atoms with van der Waals surface area (Å²) in [5, 5.41) is 1.77.